The molecule has 5 heteroatoms. The molecule has 5 nitrogen and oxygen atoms in total. The number of aryl methyl sites for hydroxylation is 1. The van der Waals surface area contributed by atoms with Crippen LogP contribution in [0, 0.1) is 13.8 Å². The summed E-state index contributed by atoms with van der Waals surface area (Å²) in [6.45, 7) is 14.4. The second-order valence-corrected chi connectivity index (χ2v) is 8.11. The van der Waals surface area contributed by atoms with Gasteiger partial charge < -0.3 is 10.2 Å². The molecule has 1 aromatic carbocycles. The predicted molar refractivity (Wildman–Crippen MR) is 107 cm³/mol. The minimum absolute atomic E-state index is 0.0215. The maximum Gasteiger partial charge on any atom is 0.221 e. The maximum atomic E-state index is 12.2. The van der Waals surface area contributed by atoms with Gasteiger partial charge in [-0.05, 0) is 51.8 Å². The fourth-order valence-electron chi connectivity index (χ4n) is 3.66. The SMILES string of the molecule is CC(=O)CC(C)(C)NC(=O)CCN1CCN(c2cccc(C)c2C)CC1. The van der Waals surface area contributed by atoms with E-state index in [1.54, 1.807) is 6.92 Å². The van der Waals surface area contributed by atoms with Crippen molar-refractivity contribution in [2.24, 2.45) is 0 Å². The Kier molecular flexibility index (Phi) is 6.81. The Labute approximate surface area is 157 Å². The molecule has 1 amide bonds. The lowest BCUT2D eigenvalue weighted by atomic mass is 9.98. The summed E-state index contributed by atoms with van der Waals surface area (Å²) >= 11 is 0. The number of piperazine rings is 1. The normalized spacial score (nSPS) is 15.8. The molecule has 1 N–H and O–H groups in total. The number of nitrogens with one attached hydrogen (secondary N) is 1. The number of ketones is 1. The van der Waals surface area contributed by atoms with E-state index in [-0.39, 0.29) is 11.7 Å². The summed E-state index contributed by atoms with van der Waals surface area (Å²) in [6.07, 6.45) is 0.845. The average Bonchev–Trinajstić information content (AvgIpc) is 2.54. The van der Waals surface area contributed by atoms with Crippen molar-refractivity contribution in [3.05, 3.63) is 29.3 Å². The van der Waals surface area contributed by atoms with E-state index in [2.05, 4.69) is 47.2 Å². The number of anilines is 1. The number of hydrogen-bond acceptors (Lipinski definition) is 4. The smallest absolute Gasteiger partial charge is 0.221 e. The van der Waals surface area contributed by atoms with Crippen LogP contribution >= 0.6 is 0 Å². The zero-order valence-corrected chi connectivity index (χ0v) is 16.9. The molecule has 1 saturated heterocycles. The monoisotopic (exact) mass is 359 g/mol. The molecule has 2 rings (SSSR count). The molecule has 1 aliphatic heterocycles. The van der Waals surface area contributed by atoms with E-state index >= 15 is 0 Å². The first-order chi connectivity index (χ1) is 12.2. The van der Waals surface area contributed by atoms with Crippen molar-refractivity contribution < 1.29 is 9.59 Å². The van der Waals surface area contributed by atoms with Gasteiger partial charge in [-0.3, -0.25) is 14.5 Å². The molecule has 1 fully saturated rings. The summed E-state index contributed by atoms with van der Waals surface area (Å²) in [5.74, 6) is 0.117. The number of hydrogen-bond donors (Lipinski definition) is 1. The van der Waals surface area contributed by atoms with Gasteiger partial charge in [0.1, 0.15) is 5.78 Å². The first-order valence-electron chi connectivity index (χ1n) is 9.52. The molecular formula is C21H33N3O2. The lowest BCUT2D eigenvalue weighted by molar-refractivity contribution is -0.124. The number of nitrogens with zero attached hydrogens (tertiary/aromatic N) is 2. The Hall–Kier alpha value is -1.88. The largest absolute Gasteiger partial charge is 0.369 e. The number of benzene rings is 1. The first-order valence-corrected chi connectivity index (χ1v) is 9.52. The highest BCUT2D eigenvalue weighted by molar-refractivity contribution is 5.80. The van der Waals surface area contributed by atoms with Gasteiger partial charge in [0.15, 0.2) is 0 Å². The van der Waals surface area contributed by atoms with Gasteiger partial charge >= 0.3 is 0 Å². The summed E-state index contributed by atoms with van der Waals surface area (Å²) in [5, 5.41) is 2.98. The van der Waals surface area contributed by atoms with Crippen LogP contribution < -0.4 is 10.2 Å². The predicted octanol–water partition coefficient (Wildman–Crippen LogP) is 2.69. The van der Waals surface area contributed by atoms with Crippen LogP contribution in [0.3, 0.4) is 0 Å². The van der Waals surface area contributed by atoms with Gasteiger partial charge in [-0.1, -0.05) is 12.1 Å². The van der Waals surface area contributed by atoms with Crippen molar-refractivity contribution >= 4 is 17.4 Å². The van der Waals surface area contributed by atoms with Gasteiger partial charge in [-0.25, -0.2) is 0 Å². The maximum absolute atomic E-state index is 12.2. The summed E-state index contributed by atoms with van der Waals surface area (Å²) in [4.78, 5) is 28.3. The molecule has 0 unspecified atom stereocenters. The number of carbonyl (C=O) groups is 2. The lowest BCUT2D eigenvalue weighted by Gasteiger charge is -2.37. The summed E-state index contributed by atoms with van der Waals surface area (Å²) < 4.78 is 0. The zero-order chi connectivity index (χ0) is 19.3. The highest BCUT2D eigenvalue weighted by atomic mass is 16.2. The fraction of sp³-hybridized carbons (Fsp3) is 0.619. The highest BCUT2D eigenvalue weighted by Crippen LogP contribution is 2.23. The third-order valence-corrected chi connectivity index (χ3v) is 5.11. The van der Waals surface area contributed by atoms with Crippen LogP contribution in [-0.4, -0.2) is 54.9 Å². The highest BCUT2D eigenvalue weighted by Gasteiger charge is 2.23. The molecule has 0 atom stereocenters. The van der Waals surface area contributed by atoms with Crippen LogP contribution in [0.15, 0.2) is 18.2 Å². The first kappa shape index (κ1) is 20.4. The molecule has 0 saturated carbocycles. The molecule has 0 radical (unpaired) electrons. The molecule has 1 aromatic rings. The molecule has 0 aromatic heterocycles. The Morgan fingerprint density at radius 2 is 1.77 bits per heavy atom. The number of Topliss-reactive ketones (excluding diaryl/α,β-unsaturated/α-hetero) is 1. The van der Waals surface area contributed by atoms with E-state index < -0.39 is 5.54 Å². The third-order valence-electron chi connectivity index (χ3n) is 5.11. The van der Waals surface area contributed by atoms with Gasteiger partial charge in [0.25, 0.3) is 0 Å². The average molecular weight is 360 g/mol. The fourth-order valence-corrected chi connectivity index (χ4v) is 3.66. The van der Waals surface area contributed by atoms with Crippen LogP contribution in [-0.2, 0) is 9.59 Å². The topological polar surface area (TPSA) is 52.7 Å². The Morgan fingerprint density at radius 1 is 1.12 bits per heavy atom. The van der Waals surface area contributed by atoms with Crippen LogP contribution in [0.1, 0.15) is 44.7 Å². The van der Waals surface area contributed by atoms with E-state index in [9.17, 15) is 9.59 Å². The van der Waals surface area contributed by atoms with E-state index in [0.717, 1.165) is 32.7 Å². The molecule has 0 aliphatic carbocycles. The second-order valence-electron chi connectivity index (χ2n) is 8.11. The second kappa shape index (κ2) is 8.67. The molecule has 144 valence electrons. The van der Waals surface area contributed by atoms with Crippen molar-refractivity contribution in [3.63, 3.8) is 0 Å². The molecule has 1 aliphatic rings. The number of amides is 1. The minimum Gasteiger partial charge on any atom is -0.369 e. The Morgan fingerprint density at radius 3 is 2.38 bits per heavy atom. The zero-order valence-electron chi connectivity index (χ0n) is 16.9. The van der Waals surface area contributed by atoms with E-state index in [4.69, 9.17) is 0 Å². The van der Waals surface area contributed by atoms with Crippen molar-refractivity contribution in [2.75, 3.05) is 37.6 Å². The van der Waals surface area contributed by atoms with Crippen LogP contribution in [0.2, 0.25) is 0 Å². The Balaban J connectivity index is 1.77. The molecule has 0 bridgehead atoms. The number of carbonyl (C=O) groups excluding carboxylic acids is 2. The Bertz CT molecular complexity index is 647. The van der Waals surface area contributed by atoms with Crippen LogP contribution in [0.4, 0.5) is 5.69 Å². The standard InChI is InChI=1S/C21H33N3O2/c1-16-7-6-8-19(18(16)3)24-13-11-23(12-14-24)10-9-20(26)22-21(4,5)15-17(2)25/h6-8H,9-15H2,1-5H3,(H,22,26). The van der Waals surface area contributed by atoms with Gasteiger partial charge in [-0.15, -0.1) is 0 Å². The third kappa shape index (κ3) is 5.84. The van der Waals surface area contributed by atoms with Gasteiger partial charge in [-0.2, -0.15) is 0 Å². The molecule has 0 spiro atoms. The lowest BCUT2D eigenvalue weighted by Crippen LogP contribution is -2.49. The number of rotatable bonds is 7. The summed E-state index contributed by atoms with van der Waals surface area (Å²) in [5.41, 5.74) is 3.54. The van der Waals surface area contributed by atoms with E-state index in [0.29, 0.717) is 12.8 Å². The van der Waals surface area contributed by atoms with Crippen LogP contribution in [0.25, 0.3) is 0 Å². The molecular weight excluding hydrogens is 326 g/mol. The van der Waals surface area contributed by atoms with Crippen molar-refractivity contribution in [3.8, 4) is 0 Å². The summed E-state index contributed by atoms with van der Waals surface area (Å²) in [6, 6.07) is 6.47. The summed E-state index contributed by atoms with van der Waals surface area (Å²) in [7, 11) is 0. The van der Waals surface area contributed by atoms with Gasteiger partial charge in [0, 0.05) is 56.8 Å². The van der Waals surface area contributed by atoms with E-state index in [1.165, 1.54) is 16.8 Å². The van der Waals surface area contributed by atoms with Crippen molar-refractivity contribution in [2.45, 2.75) is 53.0 Å². The van der Waals surface area contributed by atoms with Gasteiger partial charge in [0.05, 0.1) is 0 Å². The molecule has 1 heterocycles. The van der Waals surface area contributed by atoms with Crippen molar-refractivity contribution in [1.29, 1.82) is 0 Å². The van der Waals surface area contributed by atoms with Gasteiger partial charge in [0.2, 0.25) is 5.91 Å². The quantitative estimate of drug-likeness (QED) is 0.813. The van der Waals surface area contributed by atoms with Crippen molar-refractivity contribution in [1.82, 2.24) is 10.2 Å². The minimum atomic E-state index is -0.468. The van der Waals surface area contributed by atoms with Crippen LogP contribution in [0.5, 0.6) is 0 Å². The van der Waals surface area contributed by atoms with E-state index in [1.807, 2.05) is 13.8 Å². The molecule has 26 heavy (non-hydrogen) atoms.